The molecule has 0 heterocycles. The van der Waals surface area contributed by atoms with Crippen LogP contribution in [0.1, 0.15) is 22.3 Å². The molecule has 0 aliphatic carbocycles. The molecule has 2 atom stereocenters. The lowest BCUT2D eigenvalue weighted by Gasteiger charge is -2.35. The summed E-state index contributed by atoms with van der Waals surface area (Å²) in [6.07, 6.45) is 0.792. The second kappa shape index (κ2) is 12.5. The molecule has 0 aromatic heterocycles. The van der Waals surface area contributed by atoms with Crippen LogP contribution in [0.3, 0.4) is 0 Å². The molecule has 0 amide bonds. The summed E-state index contributed by atoms with van der Waals surface area (Å²) >= 11 is 0. The lowest BCUT2D eigenvalue weighted by molar-refractivity contribution is 0.154. The average Bonchev–Trinajstić information content (AvgIpc) is 2.90. The Kier molecular flexibility index (Phi) is 8.63. The highest BCUT2D eigenvalue weighted by Gasteiger charge is 2.28. The fourth-order valence-electron chi connectivity index (χ4n) is 4.33. The number of rotatable bonds is 11. The Morgan fingerprint density at radius 1 is 0.588 bits per heavy atom. The monoisotopic (exact) mass is 445 g/mol. The van der Waals surface area contributed by atoms with Crippen molar-refractivity contribution in [3.05, 3.63) is 144 Å². The van der Waals surface area contributed by atoms with E-state index < -0.39 is 0 Å². The van der Waals surface area contributed by atoms with Gasteiger partial charge in [0.05, 0.1) is 6.07 Å². The van der Waals surface area contributed by atoms with Gasteiger partial charge in [0.15, 0.2) is 0 Å². The summed E-state index contributed by atoms with van der Waals surface area (Å²) in [5, 5.41) is 13.8. The molecule has 1 N–H and O–H groups in total. The Morgan fingerprint density at radius 3 is 1.44 bits per heavy atom. The van der Waals surface area contributed by atoms with E-state index >= 15 is 0 Å². The maximum absolute atomic E-state index is 10.3. The molecule has 0 saturated carbocycles. The molecule has 0 spiro atoms. The third-order valence-corrected chi connectivity index (χ3v) is 6.11. The average molecular weight is 446 g/mol. The summed E-state index contributed by atoms with van der Waals surface area (Å²) in [5.41, 5.74) is 4.91. The van der Waals surface area contributed by atoms with Crippen LogP contribution in [-0.4, -0.2) is 17.0 Å². The Hall–Kier alpha value is -3.71. The van der Waals surface area contributed by atoms with Gasteiger partial charge in [-0.1, -0.05) is 121 Å². The molecular formula is C31H31N3. The smallest absolute Gasteiger partial charge is 0.112 e. The van der Waals surface area contributed by atoms with Gasteiger partial charge in [-0.25, -0.2) is 0 Å². The minimum Gasteiger partial charge on any atom is -0.296 e. The van der Waals surface area contributed by atoms with E-state index in [9.17, 15) is 5.26 Å². The highest BCUT2D eigenvalue weighted by Crippen LogP contribution is 2.20. The lowest BCUT2D eigenvalue weighted by atomic mass is 9.96. The zero-order valence-corrected chi connectivity index (χ0v) is 19.4. The van der Waals surface area contributed by atoms with Crippen LogP contribution in [0.15, 0.2) is 121 Å². The van der Waals surface area contributed by atoms with E-state index in [2.05, 4.69) is 101 Å². The van der Waals surface area contributed by atoms with Gasteiger partial charge in [-0.3, -0.25) is 10.2 Å². The number of nitriles is 1. The highest BCUT2D eigenvalue weighted by molar-refractivity contribution is 5.22. The van der Waals surface area contributed by atoms with E-state index in [1.165, 1.54) is 22.3 Å². The number of hydrogen-bond acceptors (Lipinski definition) is 3. The molecule has 1 unspecified atom stereocenters. The normalized spacial score (nSPS) is 12.7. The standard InChI is InChI=1S/C31H31N3/c32-22-30(33-23-27-15-7-2-8-16-27)31(21-26-13-5-1-6-14-26)34(24-28-17-9-3-10-18-28)25-29-19-11-4-12-20-29/h1-20,30-31,33H,21,23-25H2/t30?,31-/m0/s1. The van der Waals surface area contributed by atoms with Gasteiger partial charge in [0.2, 0.25) is 0 Å². The second-order valence-corrected chi connectivity index (χ2v) is 8.61. The lowest BCUT2D eigenvalue weighted by Crippen LogP contribution is -2.50. The molecule has 0 saturated heterocycles. The van der Waals surface area contributed by atoms with Gasteiger partial charge in [-0.05, 0) is 28.7 Å². The van der Waals surface area contributed by atoms with E-state index in [-0.39, 0.29) is 12.1 Å². The summed E-state index contributed by atoms with van der Waals surface area (Å²) in [6.45, 7) is 2.21. The van der Waals surface area contributed by atoms with Crippen molar-refractivity contribution in [2.75, 3.05) is 0 Å². The van der Waals surface area contributed by atoms with Gasteiger partial charge in [-0.2, -0.15) is 5.26 Å². The Bertz CT molecular complexity index is 1100. The third kappa shape index (κ3) is 6.89. The van der Waals surface area contributed by atoms with Gasteiger partial charge < -0.3 is 0 Å². The topological polar surface area (TPSA) is 39.1 Å². The predicted octanol–water partition coefficient (Wildman–Crippen LogP) is 5.98. The van der Waals surface area contributed by atoms with Crippen LogP contribution in [-0.2, 0) is 26.1 Å². The van der Waals surface area contributed by atoms with Gasteiger partial charge in [0, 0.05) is 25.7 Å². The molecule has 0 radical (unpaired) electrons. The second-order valence-electron chi connectivity index (χ2n) is 8.61. The fraction of sp³-hybridized carbons (Fsp3) is 0.194. The van der Waals surface area contributed by atoms with Gasteiger partial charge in [0.25, 0.3) is 0 Å². The molecule has 0 fully saturated rings. The summed E-state index contributed by atoms with van der Waals surface area (Å²) in [7, 11) is 0. The maximum Gasteiger partial charge on any atom is 0.112 e. The molecule has 3 nitrogen and oxygen atoms in total. The Balaban J connectivity index is 1.64. The van der Waals surface area contributed by atoms with Crippen LogP contribution in [0, 0.1) is 11.3 Å². The molecule has 3 heteroatoms. The van der Waals surface area contributed by atoms with E-state index in [4.69, 9.17) is 0 Å². The Morgan fingerprint density at radius 2 is 1.00 bits per heavy atom. The van der Waals surface area contributed by atoms with Crippen molar-refractivity contribution < 1.29 is 0 Å². The molecule has 4 aromatic rings. The van der Waals surface area contributed by atoms with Gasteiger partial charge >= 0.3 is 0 Å². The zero-order chi connectivity index (χ0) is 23.4. The number of hydrogen-bond donors (Lipinski definition) is 1. The molecule has 170 valence electrons. The van der Waals surface area contributed by atoms with Crippen molar-refractivity contribution in [3.8, 4) is 6.07 Å². The van der Waals surface area contributed by atoms with E-state index in [0.29, 0.717) is 6.54 Å². The van der Waals surface area contributed by atoms with Crippen LogP contribution in [0.25, 0.3) is 0 Å². The van der Waals surface area contributed by atoms with E-state index in [1.54, 1.807) is 0 Å². The number of nitrogens with one attached hydrogen (secondary N) is 1. The van der Waals surface area contributed by atoms with E-state index in [1.807, 2.05) is 36.4 Å². The Labute approximate surface area is 203 Å². The molecule has 34 heavy (non-hydrogen) atoms. The minimum absolute atomic E-state index is 0.00322. The third-order valence-electron chi connectivity index (χ3n) is 6.11. The molecule has 4 aromatic carbocycles. The van der Waals surface area contributed by atoms with Crippen LogP contribution in [0.2, 0.25) is 0 Å². The summed E-state index contributed by atoms with van der Waals surface area (Å²) in [4.78, 5) is 2.45. The molecule has 4 rings (SSSR count). The van der Waals surface area contributed by atoms with Crippen LogP contribution >= 0.6 is 0 Å². The fourth-order valence-corrected chi connectivity index (χ4v) is 4.33. The number of benzene rings is 4. The first-order valence-corrected chi connectivity index (χ1v) is 11.8. The largest absolute Gasteiger partial charge is 0.296 e. The van der Waals surface area contributed by atoms with Gasteiger partial charge in [0.1, 0.15) is 6.04 Å². The summed E-state index contributed by atoms with van der Waals surface area (Å²) in [6, 6.07) is 44.1. The predicted molar refractivity (Wildman–Crippen MR) is 139 cm³/mol. The SMILES string of the molecule is N#CC(NCc1ccccc1)[C@H](Cc1ccccc1)N(Cc1ccccc1)Cc1ccccc1. The molecule has 0 aliphatic rings. The zero-order valence-electron chi connectivity index (χ0n) is 19.4. The van der Waals surface area contributed by atoms with Crippen LogP contribution in [0.4, 0.5) is 0 Å². The van der Waals surface area contributed by atoms with Crippen molar-refractivity contribution in [3.63, 3.8) is 0 Å². The van der Waals surface area contributed by atoms with Crippen LogP contribution < -0.4 is 5.32 Å². The van der Waals surface area contributed by atoms with Crippen molar-refractivity contribution in [1.82, 2.24) is 10.2 Å². The first kappa shape index (κ1) is 23.4. The molecule has 0 bridgehead atoms. The molecular weight excluding hydrogens is 414 g/mol. The highest BCUT2D eigenvalue weighted by atomic mass is 15.2. The van der Waals surface area contributed by atoms with E-state index in [0.717, 1.165) is 19.5 Å². The van der Waals surface area contributed by atoms with Crippen molar-refractivity contribution >= 4 is 0 Å². The first-order valence-electron chi connectivity index (χ1n) is 11.8. The van der Waals surface area contributed by atoms with Crippen molar-refractivity contribution in [2.45, 2.75) is 38.1 Å². The quantitative estimate of drug-likeness (QED) is 0.309. The minimum atomic E-state index is -0.326. The first-order chi connectivity index (χ1) is 16.8. The summed E-state index contributed by atoms with van der Waals surface area (Å²) in [5.74, 6) is 0. The summed E-state index contributed by atoms with van der Waals surface area (Å²) < 4.78 is 0. The maximum atomic E-state index is 10.3. The number of nitrogens with zero attached hydrogens (tertiary/aromatic N) is 2. The van der Waals surface area contributed by atoms with Gasteiger partial charge in [-0.15, -0.1) is 0 Å². The van der Waals surface area contributed by atoms with Crippen LogP contribution in [0.5, 0.6) is 0 Å². The molecule has 0 aliphatic heterocycles. The van der Waals surface area contributed by atoms with Crippen molar-refractivity contribution in [1.29, 1.82) is 5.26 Å². The van der Waals surface area contributed by atoms with Crippen molar-refractivity contribution in [2.24, 2.45) is 0 Å².